The fraction of sp³-hybridized carbons (Fsp3) is 0.361. The van der Waals surface area contributed by atoms with Crippen LogP contribution in [0, 0.1) is 23.5 Å². The third kappa shape index (κ3) is 6.94. The topological polar surface area (TPSA) is 106 Å². The smallest absolute Gasteiger partial charge is 0.433 e. The second-order valence-electron chi connectivity index (χ2n) is 13.1. The van der Waals surface area contributed by atoms with Crippen LogP contribution in [-0.4, -0.2) is 54.7 Å². The molecule has 6 rings (SSSR count). The molecule has 1 saturated carbocycles. The molecule has 3 aromatic rings. The summed E-state index contributed by atoms with van der Waals surface area (Å²) in [4.78, 5) is 31.0. The molecule has 3 N–H and O–H groups in total. The lowest BCUT2D eigenvalue weighted by Crippen LogP contribution is -2.60. The van der Waals surface area contributed by atoms with Crippen LogP contribution in [0.25, 0.3) is 11.1 Å². The number of hydrogen-bond donors (Lipinski definition) is 3. The third-order valence-electron chi connectivity index (χ3n) is 9.60. The van der Waals surface area contributed by atoms with Gasteiger partial charge in [-0.2, -0.15) is 26.3 Å². The lowest BCUT2D eigenvalue weighted by molar-refractivity contribution is -0.160. The van der Waals surface area contributed by atoms with Gasteiger partial charge in [0.15, 0.2) is 0 Å². The molecule has 16 heteroatoms. The number of carbonyl (C=O) groups excluding carboxylic acids is 2. The number of nitrogens with one attached hydrogen (secondary N) is 1. The van der Waals surface area contributed by atoms with E-state index in [4.69, 9.17) is 0 Å². The van der Waals surface area contributed by atoms with Crippen molar-refractivity contribution in [1.29, 1.82) is 0 Å². The summed E-state index contributed by atoms with van der Waals surface area (Å²) in [5, 5.41) is 26.4. The van der Waals surface area contributed by atoms with E-state index < -0.39 is 87.2 Å². The van der Waals surface area contributed by atoms with Gasteiger partial charge in [-0.25, -0.2) is 13.8 Å². The highest BCUT2D eigenvalue weighted by molar-refractivity contribution is 6.24. The van der Waals surface area contributed by atoms with Crippen LogP contribution < -0.4 is 5.32 Å². The first-order valence-corrected chi connectivity index (χ1v) is 16.1. The van der Waals surface area contributed by atoms with Crippen LogP contribution in [0.15, 0.2) is 60.0 Å². The summed E-state index contributed by atoms with van der Waals surface area (Å²) < 4.78 is 111. The van der Waals surface area contributed by atoms with Gasteiger partial charge < -0.3 is 15.5 Å². The highest BCUT2D eigenvalue weighted by Gasteiger charge is 2.53. The van der Waals surface area contributed by atoms with Gasteiger partial charge in [0.05, 0.1) is 17.6 Å². The monoisotopic (exact) mass is 734 g/mol. The molecule has 274 valence electrons. The molecule has 2 aliphatic heterocycles. The molecule has 1 atom stereocenters. The van der Waals surface area contributed by atoms with E-state index >= 15 is 8.78 Å². The minimum Gasteiger partial charge on any atom is -0.509 e. The van der Waals surface area contributed by atoms with E-state index in [0.29, 0.717) is 43.7 Å². The predicted octanol–water partition coefficient (Wildman–Crippen LogP) is 7.28. The normalized spacial score (nSPS) is 20.5. The van der Waals surface area contributed by atoms with Gasteiger partial charge in [0, 0.05) is 40.7 Å². The Morgan fingerprint density at radius 3 is 2.23 bits per heavy atom. The number of hydrazine groups is 1. The van der Waals surface area contributed by atoms with Crippen LogP contribution in [0.3, 0.4) is 0 Å². The lowest BCUT2D eigenvalue weighted by atomic mass is 9.90. The van der Waals surface area contributed by atoms with E-state index in [2.05, 4.69) is 22.1 Å². The van der Waals surface area contributed by atoms with Gasteiger partial charge in [-0.05, 0) is 81.8 Å². The summed E-state index contributed by atoms with van der Waals surface area (Å²) in [5.41, 5.74) is -7.66. The molecular formula is C36H30F8N4O4. The molecule has 8 nitrogen and oxygen atoms in total. The zero-order chi connectivity index (χ0) is 37.8. The molecule has 1 aliphatic carbocycles. The summed E-state index contributed by atoms with van der Waals surface area (Å²) >= 11 is 0. The van der Waals surface area contributed by atoms with E-state index in [0.717, 1.165) is 42.1 Å². The van der Waals surface area contributed by atoms with Crippen molar-refractivity contribution in [3.8, 4) is 23.0 Å². The highest BCUT2D eigenvalue weighted by Crippen LogP contribution is 2.43. The van der Waals surface area contributed by atoms with Gasteiger partial charge in [-0.1, -0.05) is 17.9 Å². The van der Waals surface area contributed by atoms with Gasteiger partial charge in [0.25, 0.3) is 11.8 Å². The van der Waals surface area contributed by atoms with Crippen molar-refractivity contribution < 1.29 is 54.9 Å². The Morgan fingerprint density at radius 2 is 1.63 bits per heavy atom. The van der Waals surface area contributed by atoms with Crippen LogP contribution in [0.4, 0.5) is 40.8 Å². The molecule has 2 fully saturated rings. The van der Waals surface area contributed by atoms with E-state index in [1.165, 1.54) is 11.9 Å². The fourth-order valence-corrected chi connectivity index (χ4v) is 6.77. The summed E-state index contributed by atoms with van der Waals surface area (Å²) in [6.45, 7) is 0.922. The van der Waals surface area contributed by atoms with Crippen molar-refractivity contribution in [1.82, 2.24) is 15.0 Å². The van der Waals surface area contributed by atoms with Crippen LogP contribution in [0.2, 0.25) is 0 Å². The first-order valence-electron chi connectivity index (χ1n) is 16.1. The number of fused-ring (bicyclic) bond motifs is 1. The largest absolute Gasteiger partial charge is 0.509 e. The Bertz CT molecular complexity index is 2010. The molecule has 0 bridgehead atoms. The number of aromatic nitrogens is 1. The first-order chi connectivity index (χ1) is 24.3. The van der Waals surface area contributed by atoms with Crippen LogP contribution in [-0.2, 0) is 28.5 Å². The molecular weight excluding hydrogens is 704 g/mol. The Balaban J connectivity index is 1.33. The zero-order valence-electron chi connectivity index (χ0n) is 27.4. The van der Waals surface area contributed by atoms with Gasteiger partial charge in [0.2, 0.25) is 0 Å². The Morgan fingerprint density at radius 1 is 0.962 bits per heavy atom. The number of pyridine rings is 1. The van der Waals surface area contributed by atoms with Crippen molar-refractivity contribution in [3.05, 3.63) is 94.0 Å². The summed E-state index contributed by atoms with van der Waals surface area (Å²) in [6.07, 6.45) is -6.08. The molecule has 0 radical (unpaired) electrons. The van der Waals surface area contributed by atoms with E-state index in [-0.39, 0.29) is 29.8 Å². The summed E-state index contributed by atoms with van der Waals surface area (Å²) in [5.74, 6) is -0.0334. The molecule has 1 aromatic heterocycles. The third-order valence-corrected chi connectivity index (χ3v) is 9.60. The molecule has 3 heterocycles. The maximum Gasteiger partial charge on any atom is 0.433 e. The number of benzene rings is 2. The first kappa shape index (κ1) is 36.8. The fourth-order valence-electron chi connectivity index (χ4n) is 6.77. The standard InChI is InChI=1S/C36H30F8N4O4/c1-33-10-4-14-48(33)47(19-24-25(37)15-20(16-26(24)38)9-13-34(52)11-2-3-12-34)32(51)29(30(33)49)31(50)46-27-7-6-22(35(39,40)41)17-23(27)21-5-8-28(45-18-21)36(42,43)44/h5-8,15-18,49,52H,2-4,10-12,14,19H2,1H3,(H,46,50). The van der Waals surface area contributed by atoms with Crippen molar-refractivity contribution in [2.24, 2.45) is 0 Å². The molecule has 1 saturated heterocycles. The average Bonchev–Trinajstić information content (AvgIpc) is 3.69. The predicted molar refractivity (Wildman–Crippen MR) is 170 cm³/mol. The molecule has 3 aliphatic rings. The van der Waals surface area contributed by atoms with E-state index in [1.807, 2.05) is 0 Å². The maximum atomic E-state index is 15.4. The molecule has 0 spiro atoms. The number of hydrogen-bond acceptors (Lipinski definition) is 6. The van der Waals surface area contributed by atoms with Gasteiger partial charge in [-0.3, -0.25) is 19.6 Å². The number of rotatable bonds is 5. The quantitative estimate of drug-likeness (QED) is 0.145. The molecule has 1 unspecified atom stereocenters. The second kappa shape index (κ2) is 13.2. The van der Waals surface area contributed by atoms with Gasteiger partial charge in [-0.15, -0.1) is 0 Å². The number of aliphatic hydroxyl groups excluding tert-OH is 1. The Hall–Kier alpha value is -5.01. The maximum absolute atomic E-state index is 15.4. The van der Waals surface area contributed by atoms with E-state index in [9.17, 15) is 46.1 Å². The molecule has 2 aromatic carbocycles. The zero-order valence-corrected chi connectivity index (χ0v) is 27.4. The summed E-state index contributed by atoms with van der Waals surface area (Å²) in [6, 6.07) is 5.32. The van der Waals surface area contributed by atoms with Gasteiger partial charge in [0.1, 0.15) is 34.3 Å². The van der Waals surface area contributed by atoms with Crippen LogP contribution in [0.1, 0.15) is 67.8 Å². The summed E-state index contributed by atoms with van der Waals surface area (Å²) in [7, 11) is 0. The minimum absolute atomic E-state index is 0.0525. The van der Waals surface area contributed by atoms with Crippen molar-refractivity contribution in [2.45, 2.75) is 75.5 Å². The molecule has 2 amide bonds. The number of alkyl halides is 6. The van der Waals surface area contributed by atoms with Crippen molar-refractivity contribution in [2.75, 3.05) is 11.9 Å². The van der Waals surface area contributed by atoms with Crippen molar-refractivity contribution in [3.63, 3.8) is 0 Å². The minimum atomic E-state index is -4.88. The number of amides is 2. The number of nitrogens with zero attached hydrogens (tertiary/aromatic N) is 3. The SMILES string of the molecule is CC12CCCN1N(Cc1c(F)cc(C#CC3(O)CCCC3)cc1F)C(=O)C(C(=O)Nc1ccc(C(F)(F)F)cc1-c1ccc(C(F)(F)F)nc1)=C2O. The van der Waals surface area contributed by atoms with Crippen LogP contribution in [0.5, 0.6) is 0 Å². The van der Waals surface area contributed by atoms with Crippen LogP contribution >= 0.6 is 0 Å². The Kier molecular flexibility index (Phi) is 9.33. The molecule has 52 heavy (non-hydrogen) atoms. The number of halogens is 8. The van der Waals surface area contributed by atoms with Gasteiger partial charge >= 0.3 is 12.4 Å². The second-order valence-corrected chi connectivity index (χ2v) is 13.1. The van der Waals surface area contributed by atoms with E-state index in [1.54, 1.807) is 0 Å². The lowest BCUT2D eigenvalue weighted by Gasteiger charge is -2.46. The number of anilines is 1. The van der Waals surface area contributed by atoms with Crippen molar-refractivity contribution >= 4 is 17.5 Å². The highest BCUT2D eigenvalue weighted by atomic mass is 19.4. The Labute approximate surface area is 291 Å². The number of carbonyl (C=O) groups is 2. The number of aliphatic hydroxyl groups is 2. The average molecular weight is 735 g/mol.